The molecule has 2 rings (SSSR count). The Balaban J connectivity index is 1.83. The molecule has 2 heterocycles. The first-order chi connectivity index (χ1) is 8.10. The van der Waals surface area contributed by atoms with Gasteiger partial charge in [0.2, 0.25) is 0 Å². The molecule has 0 aromatic carbocycles. The quantitative estimate of drug-likeness (QED) is 0.808. The average molecular weight is 261 g/mol. The highest BCUT2D eigenvalue weighted by atomic mass is 32.2. The lowest BCUT2D eigenvalue weighted by molar-refractivity contribution is -0.0899. The molecule has 2 saturated heterocycles. The van der Waals surface area contributed by atoms with Crippen molar-refractivity contribution < 1.29 is 13.7 Å². The van der Waals surface area contributed by atoms with Gasteiger partial charge in [0.25, 0.3) is 0 Å². The second kappa shape index (κ2) is 5.78. The van der Waals surface area contributed by atoms with E-state index in [-0.39, 0.29) is 5.60 Å². The zero-order valence-electron chi connectivity index (χ0n) is 10.7. The summed E-state index contributed by atoms with van der Waals surface area (Å²) in [7, 11) is -0.729. The third-order valence-electron chi connectivity index (χ3n) is 3.57. The zero-order valence-corrected chi connectivity index (χ0v) is 11.6. The summed E-state index contributed by atoms with van der Waals surface area (Å²) in [5.74, 6) is 0.723. The molecule has 2 aliphatic rings. The molecule has 0 aromatic rings. The Morgan fingerprint density at radius 1 is 1.53 bits per heavy atom. The molecular formula is C12H23NO3S. The smallest absolute Gasteiger partial charge is 0.0951 e. The van der Waals surface area contributed by atoms with Crippen molar-refractivity contribution in [1.29, 1.82) is 0 Å². The minimum absolute atomic E-state index is 0.0407. The van der Waals surface area contributed by atoms with E-state index in [4.69, 9.17) is 9.47 Å². The van der Waals surface area contributed by atoms with Crippen molar-refractivity contribution in [2.75, 3.05) is 31.8 Å². The molecule has 0 bridgehead atoms. The molecule has 5 heteroatoms. The zero-order chi connectivity index (χ0) is 12.3. The van der Waals surface area contributed by atoms with Crippen molar-refractivity contribution in [1.82, 2.24) is 5.32 Å². The summed E-state index contributed by atoms with van der Waals surface area (Å²) in [6.07, 6.45) is 4.84. The molecule has 1 spiro atoms. The van der Waals surface area contributed by atoms with Gasteiger partial charge in [0, 0.05) is 54.5 Å². The molecule has 0 radical (unpaired) electrons. The van der Waals surface area contributed by atoms with Crippen molar-refractivity contribution in [3.8, 4) is 0 Å². The van der Waals surface area contributed by atoms with Gasteiger partial charge < -0.3 is 14.8 Å². The number of rotatable bonds is 4. The van der Waals surface area contributed by atoms with Crippen molar-refractivity contribution >= 4 is 10.8 Å². The van der Waals surface area contributed by atoms with Crippen LogP contribution in [-0.4, -0.2) is 53.7 Å². The Bertz CT molecular complexity index is 279. The van der Waals surface area contributed by atoms with E-state index in [9.17, 15) is 4.21 Å². The number of nitrogens with one attached hydrogen (secondary N) is 1. The van der Waals surface area contributed by atoms with Crippen LogP contribution in [0, 0.1) is 0 Å². The second-order valence-corrected chi connectivity index (χ2v) is 6.81. The van der Waals surface area contributed by atoms with Gasteiger partial charge in [-0.1, -0.05) is 0 Å². The van der Waals surface area contributed by atoms with Crippen LogP contribution in [0.5, 0.6) is 0 Å². The van der Waals surface area contributed by atoms with Gasteiger partial charge >= 0.3 is 0 Å². The van der Waals surface area contributed by atoms with Crippen LogP contribution in [0.1, 0.15) is 26.2 Å². The normalized spacial score (nSPS) is 37.2. The lowest BCUT2D eigenvalue weighted by Crippen LogP contribution is -2.50. The van der Waals surface area contributed by atoms with Gasteiger partial charge in [-0.25, -0.2) is 0 Å². The van der Waals surface area contributed by atoms with Gasteiger partial charge in [-0.15, -0.1) is 0 Å². The van der Waals surface area contributed by atoms with Gasteiger partial charge in [0.15, 0.2) is 0 Å². The monoisotopic (exact) mass is 261 g/mol. The van der Waals surface area contributed by atoms with Crippen molar-refractivity contribution in [3.05, 3.63) is 0 Å². The van der Waals surface area contributed by atoms with E-state index >= 15 is 0 Å². The first-order valence-electron chi connectivity index (χ1n) is 6.37. The third-order valence-corrected chi connectivity index (χ3v) is 4.53. The summed E-state index contributed by atoms with van der Waals surface area (Å²) in [6, 6.07) is 0.785. The first kappa shape index (κ1) is 13.5. The third kappa shape index (κ3) is 3.74. The molecule has 4 atom stereocenters. The lowest BCUT2D eigenvalue weighted by atomic mass is 9.89. The van der Waals surface area contributed by atoms with Gasteiger partial charge in [0.05, 0.1) is 12.2 Å². The highest BCUT2D eigenvalue weighted by Crippen LogP contribution is 2.32. The predicted octanol–water partition coefficient (Wildman–Crippen LogP) is 0.681. The summed E-state index contributed by atoms with van der Waals surface area (Å²) >= 11 is 0. The molecule has 0 amide bonds. The molecule has 2 aliphatic heterocycles. The van der Waals surface area contributed by atoms with Crippen molar-refractivity contribution in [2.45, 2.75) is 43.9 Å². The lowest BCUT2D eigenvalue weighted by Gasteiger charge is -2.38. The number of ether oxygens (including phenoxy) is 2. The second-order valence-electron chi connectivity index (χ2n) is 5.33. The van der Waals surface area contributed by atoms with E-state index in [1.807, 2.05) is 0 Å². The van der Waals surface area contributed by atoms with Crippen LogP contribution in [0.15, 0.2) is 0 Å². The Hall–Kier alpha value is 0.0300. The Kier molecular flexibility index (Phi) is 4.58. The molecule has 0 saturated carbocycles. The minimum atomic E-state index is -0.729. The topological polar surface area (TPSA) is 47.6 Å². The largest absolute Gasteiger partial charge is 0.378 e. The summed E-state index contributed by atoms with van der Waals surface area (Å²) in [4.78, 5) is 0. The van der Waals surface area contributed by atoms with E-state index < -0.39 is 10.8 Å². The molecule has 0 aliphatic carbocycles. The van der Waals surface area contributed by atoms with Crippen LogP contribution in [0.2, 0.25) is 0 Å². The van der Waals surface area contributed by atoms with E-state index in [2.05, 4.69) is 12.2 Å². The fraction of sp³-hybridized carbons (Fsp3) is 1.00. The highest BCUT2D eigenvalue weighted by molar-refractivity contribution is 7.84. The maximum atomic E-state index is 11.2. The molecule has 100 valence electrons. The predicted molar refractivity (Wildman–Crippen MR) is 68.7 cm³/mol. The molecule has 0 aromatic heterocycles. The van der Waals surface area contributed by atoms with Gasteiger partial charge in [-0.2, -0.15) is 0 Å². The maximum Gasteiger partial charge on any atom is 0.0951 e. The van der Waals surface area contributed by atoms with Crippen LogP contribution in [0.25, 0.3) is 0 Å². The number of hydrogen-bond donors (Lipinski definition) is 1. The molecule has 4 unspecified atom stereocenters. The van der Waals surface area contributed by atoms with Gasteiger partial charge in [-0.05, 0) is 19.8 Å². The Morgan fingerprint density at radius 2 is 2.35 bits per heavy atom. The van der Waals surface area contributed by atoms with Crippen LogP contribution in [-0.2, 0) is 20.3 Å². The van der Waals surface area contributed by atoms with E-state index in [1.54, 1.807) is 6.26 Å². The Labute approximate surface area is 106 Å². The van der Waals surface area contributed by atoms with Crippen LogP contribution < -0.4 is 5.32 Å². The Morgan fingerprint density at radius 3 is 3.00 bits per heavy atom. The van der Waals surface area contributed by atoms with Crippen molar-refractivity contribution in [3.63, 3.8) is 0 Å². The van der Waals surface area contributed by atoms with Gasteiger partial charge in [-0.3, -0.25) is 4.21 Å². The first-order valence-corrected chi connectivity index (χ1v) is 8.10. The highest BCUT2D eigenvalue weighted by Gasteiger charge is 2.41. The standard InChI is InChI=1S/C12H23NO3S/c1-10(8-17(2)14)13-11-3-5-16-12(7-11)4-6-15-9-12/h10-11,13H,3-9H2,1-2H3. The summed E-state index contributed by atoms with van der Waals surface area (Å²) in [6.45, 7) is 4.47. The minimum Gasteiger partial charge on any atom is -0.378 e. The van der Waals surface area contributed by atoms with Crippen LogP contribution in [0.4, 0.5) is 0 Å². The van der Waals surface area contributed by atoms with Gasteiger partial charge in [0.1, 0.15) is 0 Å². The molecule has 2 fully saturated rings. The molecular weight excluding hydrogens is 238 g/mol. The average Bonchev–Trinajstić information content (AvgIpc) is 2.64. The summed E-state index contributed by atoms with van der Waals surface area (Å²) < 4.78 is 22.5. The summed E-state index contributed by atoms with van der Waals surface area (Å²) in [5.41, 5.74) is -0.0407. The summed E-state index contributed by atoms with van der Waals surface area (Å²) in [5, 5.41) is 3.57. The fourth-order valence-electron chi connectivity index (χ4n) is 2.84. The van der Waals surface area contributed by atoms with Crippen LogP contribution >= 0.6 is 0 Å². The van der Waals surface area contributed by atoms with E-state index in [0.717, 1.165) is 44.8 Å². The maximum absolute atomic E-state index is 11.2. The molecule has 4 nitrogen and oxygen atoms in total. The number of hydrogen-bond acceptors (Lipinski definition) is 4. The molecule has 1 N–H and O–H groups in total. The molecule has 17 heavy (non-hydrogen) atoms. The van der Waals surface area contributed by atoms with E-state index in [0.29, 0.717) is 12.1 Å². The fourth-order valence-corrected chi connectivity index (χ4v) is 3.64. The van der Waals surface area contributed by atoms with Crippen LogP contribution in [0.3, 0.4) is 0 Å². The van der Waals surface area contributed by atoms with Crippen molar-refractivity contribution in [2.24, 2.45) is 0 Å². The van der Waals surface area contributed by atoms with E-state index in [1.165, 1.54) is 0 Å². The SMILES string of the molecule is CC(CS(C)=O)NC1CCOC2(CCOC2)C1.